The first-order valence-corrected chi connectivity index (χ1v) is 11.4. The van der Waals surface area contributed by atoms with Gasteiger partial charge in [-0.15, -0.1) is 0 Å². The van der Waals surface area contributed by atoms with E-state index in [4.69, 9.17) is 16.3 Å². The molecule has 0 radical (unpaired) electrons. The summed E-state index contributed by atoms with van der Waals surface area (Å²) in [7, 11) is 0. The molecule has 4 rings (SSSR count). The number of benzene rings is 3. The third-order valence-electron chi connectivity index (χ3n) is 5.43. The lowest BCUT2D eigenvalue weighted by molar-refractivity contribution is 0.202. The minimum Gasteiger partial charge on any atom is -0.487 e. The molecule has 0 bridgehead atoms. The third-order valence-corrected chi connectivity index (χ3v) is 5.67. The highest BCUT2D eigenvalue weighted by Gasteiger charge is 2.14. The fourth-order valence-electron chi connectivity index (χ4n) is 3.76. The molecule has 1 amide bonds. The van der Waals surface area contributed by atoms with Crippen molar-refractivity contribution in [2.75, 3.05) is 11.4 Å². The summed E-state index contributed by atoms with van der Waals surface area (Å²) in [6, 6.07) is 25.0. The predicted molar refractivity (Wildman–Crippen MR) is 138 cm³/mol. The SMILES string of the molecule is CCN(C(=O)O)c1ccccc1CC=Cc1cccc(OCc2ccc3ccc(Cl)cc3n2)c1. The fourth-order valence-corrected chi connectivity index (χ4v) is 3.92. The van der Waals surface area contributed by atoms with Gasteiger partial charge in [0.15, 0.2) is 0 Å². The van der Waals surface area contributed by atoms with Crippen molar-refractivity contribution in [2.45, 2.75) is 20.0 Å². The van der Waals surface area contributed by atoms with Gasteiger partial charge in [0.1, 0.15) is 12.4 Å². The third kappa shape index (κ3) is 5.74. The monoisotopic (exact) mass is 472 g/mol. The number of ether oxygens (including phenoxy) is 1. The van der Waals surface area contributed by atoms with Crippen LogP contribution < -0.4 is 9.64 Å². The molecule has 0 spiro atoms. The Morgan fingerprint density at radius 1 is 1.06 bits per heavy atom. The van der Waals surface area contributed by atoms with Crippen LogP contribution in [0.1, 0.15) is 23.7 Å². The second-order valence-corrected chi connectivity index (χ2v) is 8.20. The van der Waals surface area contributed by atoms with Crippen LogP contribution in [-0.2, 0) is 13.0 Å². The molecule has 5 nitrogen and oxygen atoms in total. The molecule has 4 aromatic rings. The number of amides is 1. The van der Waals surface area contributed by atoms with Gasteiger partial charge in [0, 0.05) is 17.0 Å². The molecule has 0 unspecified atom stereocenters. The van der Waals surface area contributed by atoms with Gasteiger partial charge in [0.25, 0.3) is 0 Å². The highest BCUT2D eigenvalue weighted by molar-refractivity contribution is 6.31. The van der Waals surface area contributed by atoms with Gasteiger partial charge >= 0.3 is 6.09 Å². The summed E-state index contributed by atoms with van der Waals surface area (Å²) in [4.78, 5) is 17.5. The van der Waals surface area contributed by atoms with Crippen molar-refractivity contribution < 1.29 is 14.6 Å². The quantitative estimate of drug-likeness (QED) is 0.294. The highest BCUT2D eigenvalue weighted by atomic mass is 35.5. The Bertz CT molecular complexity index is 1340. The van der Waals surface area contributed by atoms with Gasteiger partial charge in [-0.2, -0.15) is 0 Å². The number of hydrogen-bond donors (Lipinski definition) is 1. The number of allylic oxidation sites excluding steroid dienone is 1. The van der Waals surface area contributed by atoms with Gasteiger partial charge in [0.05, 0.1) is 16.9 Å². The number of carbonyl (C=O) groups is 1. The predicted octanol–water partition coefficient (Wildman–Crippen LogP) is 7.23. The normalized spacial score (nSPS) is 11.1. The zero-order valence-electron chi connectivity index (χ0n) is 18.8. The number of hydrogen-bond acceptors (Lipinski definition) is 3. The first kappa shape index (κ1) is 23.3. The van der Waals surface area contributed by atoms with Crippen LogP contribution in [0.2, 0.25) is 5.02 Å². The van der Waals surface area contributed by atoms with E-state index in [0.29, 0.717) is 30.3 Å². The fraction of sp³-hybridized carbons (Fsp3) is 0.143. The molecule has 0 atom stereocenters. The maximum absolute atomic E-state index is 11.5. The average molecular weight is 473 g/mol. The lowest BCUT2D eigenvalue weighted by Gasteiger charge is -2.20. The minimum absolute atomic E-state index is 0.352. The minimum atomic E-state index is -0.951. The van der Waals surface area contributed by atoms with Crippen molar-refractivity contribution in [3.05, 3.63) is 107 Å². The number of pyridine rings is 1. The van der Waals surface area contributed by atoms with Crippen molar-refractivity contribution in [3.63, 3.8) is 0 Å². The van der Waals surface area contributed by atoms with Crippen LogP contribution in [0.25, 0.3) is 17.0 Å². The van der Waals surface area contributed by atoms with Crippen LogP contribution in [0, 0.1) is 0 Å². The maximum Gasteiger partial charge on any atom is 0.411 e. The smallest absolute Gasteiger partial charge is 0.411 e. The van der Waals surface area contributed by atoms with Gasteiger partial charge in [-0.3, -0.25) is 4.90 Å². The molecule has 1 heterocycles. The summed E-state index contributed by atoms with van der Waals surface area (Å²) in [5.74, 6) is 0.749. The van der Waals surface area contributed by atoms with Crippen molar-refractivity contribution in [2.24, 2.45) is 0 Å². The summed E-state index contributed by atoms with van der Waals surface area (Å²) in [6.45, 7) is 2.58. The van der Waals surface area contributed by atoms with Crippen LogP contribution >= 0.6 is 11.6 Å². The molecule has 6 heteroatoms. The van der Waals surface area contributed by atoms with E-state index in [0.717, 1.165) is 33.5 Å². The van der Waals surface area contributed by atoms with E-state index in [9.17, 15) is 9.90 Å². The molecule has 34 heavy (non-hydrogen) atoms. The van der Waals surface area contributed by atoms with Gasteiger partial charge < -0.3 is 9.84 Å². The first-order valence-electron chi connectivity index (χ1n) is 11.1. The first-order chi connectivity index (χ1) is 16.5. The summed E-state index contributed by atoms with van der Waals surface area (Å²) < 4.78 is 5.97. The molecule has 0 saturated carbocycles. The molecule has 172 valence electrons. The van der Waals surface area contributed by atoms with E-state index in [-0.39, 0.29) is 0 Å². The number of carboxylic acid groups (broad SMARTS) is 1. The van der Waals surface area contributed by atoms with Gasteiger partial charge in [-0.05, 0) is 60.9 Å². The summed E-state index contributed by atoms with van der Waals surface area (Å²) in [5.41, 5.74) is 4.33. The topological polar surface area (TPSA) is 62.7 Å². The Balaban J connectivity index is 1.42. The Hall–Kier alpha value is -3.83. The number of para-hydroxylation sites is 1. The number of fused-ring (bicyclic) bond motifs is 1. The van der Waals surface area contributed by atoms with E-state index >= 15 is 0 Å². The number of halogens is 1. The molecule has 0 fully saturated rings. The van der Waals surface area contributed by atoms with E-state index in [1.165, 1.54) is 4.90 Å². The molecule has 0 aliphatic heterocycles. The van der Waals surface area contributed by atoms with Crippen LogP contribution in [-0.4, -0.2) is 22.7 Å². The Labute approximate surface area is 203 Å². The van der Waals surface area contributed by atoms with E-state index in [1.807, 2.05) is 97.9 Å². The zero-order valence-corrected chi connectivity index (χ0v) is 19.6. The molecule has 1 aromatic heterocycles. The summed E-state index contributed by atoms with van der Waals surface area (Å²) in [5, 5.41) is 11.2. The Kier molecular flexibility index (Phi) is 7.45. The maximum atomic E-state index is 11.5. The van der Waals surface area contributed by atoms with Crippen molar-refractivity contribution in [1.29, 1.82) is 0 Å². The van der Waals surface area contributed by atoms with Crippen LogP contribution in [0.15, 0.2) is 84.9 Å². The largest absolute Gasteiger partial charge is 0.487 e. The van der Waals surface area contributed by atoms with Crippen molar-refractivity contribution >= 4 is 40.4 Å². The van der Waals surface area contributed by atoms with Crippen molar-refractivity contribution in [1.82, 2.24) is 4.98 Å². The highest BCUT2D eigenvalue weighted by Crippen LogP contribution is 2.23. The second kappa shape index (κ2) is 10.9. The zero-order chi connectivity index (χ0) is 23.9. The van der Waals surface area contributed by atoms with E-state index in [1.54, 1.807) is 0 Å². The number of aromatic nitrogens is 1. The van der Waals surface area contributed by atoms with Gasteiger partial charge in [-0.25, -0.2) is 9.78 Å². The van der Waals surface area contributed by atoms with Gasteiger partial charge in [0.2, 0.25) is 0 Å². The lowest BCUT2D eigenvalue weighted by atomic mass is 10.1. The van der Waals surface area contributed by atoms with E-state index in [2.05, 4.69) is 4.98 Å². The average Bonchev–Trinajstić information content (AvgIpc) is 2.84. The molecule has 0 saturated heterocycles. The van der Waals surface area contributed by atoms with Crippen molar-refractivity contribution in [3.8, 4) is 5.75 Å². The Morgan fingerprint density at radius 3 is 2.71 bits per heavy atom. The second-order valence-electron chi connectivity index (χ2n) is 7.76. The summed E-state index contributed by atoms with van der Waals surface area (Å²) in [6.07, 6.45) is 3.71. The molecule has 3 aromatic carbocycles. The molecular formula is C28H25ClN2O3. The van der Waals surface area contributed by atoms with Crippen LogP contribution in [0.4, 0.5) is 10.5 Å². The number of anilines is 1. The van der Waals surface area contributed by atoms with Crippen LogP contribution in [0.5, 0.6) is 5.75 Å². The lowest BCUT2D eigenvalue weighted by Crippen LogP contribution is -2.29. The number of rotatable bonds is 8. The molecule has 0 aliphatic carbocycles. The Morgan fingerprint density at radius 2 is 1.88 bits per heavy atom. The molecule has 1 N–H and O–H groups in total. The standard InChI is InChI=1S/C28H25ClN2O3/c1-2-31(28(32)33)27-12-4-3-9-22(27)10-5-7-20-8-6-11-25(17-20)34-19-24-16-14-21-13-15-23(29)18-26(21)30-24/h3-9,11-18H,2,10,19H2,1H3,(H,32,33). The number of nitrogens with zero attached hydrogens (tertiary/aromatic N) is 2. The summed E-state index contributed by atoms with van der Waals surface area (Å²) >= 11 is 6.08. The van der Waals surface area contributed by atoms with Gasteiger partial charge in [-0.1, -0.05) is 66.2 Å². The molecule has 0 aliphatic rings. The van der Waals surface area contributed by atoms with Crippen LogP contribution in [0.3, 0.4) is 0 Å². The molecular weight excluding hydrogens is 448 g/mol. The van der Waals surface area contributed by atoms with E-state index < -0.39 is 6.09 Å².